The molecule has 0 saturated carbocycles. The molecule has 1 aliphatic rings. The second-order valence-electron chi connectivity index (χ2n) is 7.67. The second kappa shape index (κ2) is 10.4. The number of methoxy groups -OCH3 is 3. The molecule has 0 radical (unpaired) electrons. The van der Waals surface area contributed by atoms with Crippen LogP contribution in [-0.2, 0) is 4.79 Å². The highest BCUT2D eigenvalue weighted by molar-refractivity contribution is 5.95. The summed E-state index contributed by atoms with van der Waals surface area (Å²) in [6.45, 7) is 6.95. The average molecular weight is 446 g/mol. The van der Waals surface area contributed by atoms with E-state index in [4.69, 9.17) is 18.6 Å². The quantitative estimate of drug-likeness (QED) is 0.668. The zero-order valence-corrected chi connectivity index (χ0v) is 19.3. The van der Waals surface area contributed by atoms with Gasteiger partial charge in [-0.15, -0.1) is 0 Å². The van der Waals surface area contributed by atoms with Gasteiger partial charge in [-0.05, 0) is 19.9 Å². The number of nitrogens with zero attached hydrogens (tertiary/aromatic N) is 2. The van der Waals surface area contributed by atoms with E-state index in [-0.39, 0.29) is 11.8 Å². The maximum Gasteiger partial charge on any atom is 0.257 e. The average Bonchev–Trinajstić information content (AvgIpc) is 3.14. The molecule has 174 valence electrons. The van der Waals surface area contributed by atoms with Crippen LogP contribution >= 0.6 is 0 Å². The van der Waals surface area contributed by atoms with E-state index in [1.165, 1.54) is 21.3 Å². The van der Waals surface area contributed by atoms with E-state index in [9.17, 15) is 9.59 Å². The normalized spacial score (nSPS) is 14.2. The largest absolute Gasteiger partial charge is 0.493 e. The van der Waals surface area contributed by atoms with Crippen molar-refractivity contribution in [3.8, 4) is 17.2 Å². The predicted molar refractivity (Wildman–Crippen MR) is 120 cm³/mol. The van der Waals surface area contributed by atoms with Gasteiger partial charge in [0, 0.05) is 57.0 Å². The lowest BCUT2D eigenvalue weighted by atomic mass is 10.2. The maximum atomic E-state index is 12.7. The first-order chi connectivity index (χ1) is 15.4. The van der Waals surface area contributed by atoms with Gasteiger partial charge in [-0.3, -0.25) is 14.5 Å². The van der Waals surface area contributed by atoms with Crippen molar-refractivity contribution in [2.45, 2.75) is 20.3 Å². The summed E-state index contributed by atoms with van der Waals surface area (Å²) in [4.78, 5) is 29.2. The number of amides is 2. The lowest BCUT2D eigenvalue weighted by Crippen LogP contribution is -2.49. The van der Waals surface area contributed by atoms with Crippen molar-refractivity contribution < 1.29 is 28.2 Å². The molecular weight excluding hydrogens is 414 g/mol. The Morgan fingerprint density at radius 3 is 2.09 bits per heavy atom. The lowest BCUT2D eigenvalue weighted by molar-refractivity contribution is -0.116. The van der Waals surface area contributed by atoms with Crippen LogP contribution in [0.1, 0.15) is 28.3 Å². The van der Waals surface area contributed by atoms with Crippen LogP contribution in [0, 0.1) is 13.8 Å². The summed E-state index contributed by atoms with van der Waals surface area (Å²) in [5.74, 6) is 2.71. The standard InChI is InChI=1S/C23H31N3O6/c1-15-12-18(16(2)32-15)23(28)26-10-8-25(9-11-26)7-6-21(27)24-17-13-19(29-3)22(31-5)20(14-17)30-4/h12-14H,6-11H2,1-5H3,(H,24,27). The van der Waals surface area contributed by atoms with E-state index in [1.807, 2.05) is 18.7 Å². The van der Waals surface area contributed by atoms with Gasteiger partial charge in [0.2, 0.25) is 11.7 Å². The minimum Gasteiger partial charge on any atom is -0.493 e. The molecule has 2 amide bonds. The highest BCUT2D eigenvalue weighted by Crippen LogP contribution is 2.39. The smallest absolute Gasteiger partial charge is 0.257 e. The molecule has 1 aliphatic heterocycles. The Morgan fingerprint density at radius 1 is 0.969 bits per heavy atom. The van der Waals surface area contributed by atoms with Gasteiger partial charge in [0.15, 0.2) is 11.5 Å². The monoisotopic (exact) mass is 445 g/mol. The molecule has 9 heteroatoms. The molecular formula is C23H31N3O6. The molecule has 32 heavy (non-hydrogen) atoms. The van der Waals surface area contributed by atoms with Crippen LogP contribution in [0.3, 0.4) is 0 Å². The fraction of sp³-hybridized carbons (Fsp3) is 0.478. The SMILES string of the molecule is COc1cc(NC(=O)CCN2CCN(C(=O)c3cc(C)oc3C)CC2)cc(OC)c1OC. The molecule has 0 bridgehead atoms. The molecule has 0 unspecified atom stereocenters. The van der Waals surface area contributed by atoms with E-state index in [0.717, 1.165) is 18.8 Å². The van der Waals surface area contributed by atoms with E-state index in [0.29, 0.717) is 60.3 Å². The van der Waals surface area contributed by atoms with Crippen molar-refractivity contribution in [1.82, 2.24) is 9.80 Å². The Morgan fingerprint density at radius 2 is 1.59 bits per heavy atom. The third kappa shape index (κ3) is 5.34. The van der Waals surface area contributed by atoms with Crippen LogP contribution in [0.5, 0.6) is 17.2 Å². The summed E-state index contributed by atoms with van der Waals surface area (Å²) >= 11 is 0. The number of carbonyl (C=O) groups is 2. The van der Waals surface area contributed by atoms with Gasteiger partial charge in [0.1, 0.15) is 11.5 Å². The highest BCUT2D eigenvalue weighted by atomic mass is 16.5. The van der Waals surface area contributed by atoms with Gasteiger partial charge < -0.3 is 28.8 Å². The highest BCUT2D eigenvalue weighted by Gasteiger charge is 2.25. The molecule has 9 nitrogen and oxygen atoms in total. The molecule has 0 spiro atoms. The van der Waals surface area contributed by atoms with Crippen LogP contribution in [0.25, 0.3) is 0 Å². The molecule has 1 fully saturated rings. The summed E-state index contributed by atoms with van der Waals surface area (Å²) in [7, 11) is 4.59. The number of ether oxygens (including phenoxy) is 3. The molecule has 3 rings (SSSR count). The maximum absolute atomic E-state index is 12.7. The Labute approximate surface area is 188 Å². The number of furan rings is 1. The summed E-state index contributed by atoms with van der Waals surface area (Å²) in [5, 5.41) is 2.88. The number of benzene rings is 1. The van der Waals surface area contributed by atoms with Crippen molar-refractivity contribution in [2.75, 3.05) is 59.4 Å². The molecule has 0 aliphatic carbocycles. The first kappa shape index (κ1) is 23.5. The third-order valence-corrected chi connectivity index (χ3v) is 5.53. The van der Waals surface area contributed by atoms with Gasteiger partial charge in [0.05, 0.1) is 26.9 Å². The summed E-state index contributed by atoms with van der Waals surface area (Å²) in [6, 6.07) is 5.18. The molecule has 0 atom stereocenters. The fourth-order valence-electron chi connectivity index (χ4n) is 3.82. The number of aryl methyl sites for hydroxylation is 2. The number of rotatable bonds is 8. The predicted octanol–water partition coefficient (Wildman–Crippen LogP) is 2.71. The van der Waals surface area contributed by atoms with Crippen LogP contribution in [-0.4, -0.2) is 75.7 Å². The molecule has 2 aromatic rings. The second-order valence-corrected chi connectivity index (χ2v) is 7.67. The van der Waals surface area contributed by atoms with E-state index < -0.39 is 0 Å². The summed E-state index contributed by atoms with van der Waals surface area (Å²) in [6.07, 6.45) is 0.338. The molecule has 2 heterocycles. The molecule has 1 aromatic heterocycles. The molecule has 1 aromatic carbocycles. The molecule has 1 N–H and O–H groups in total. The lowest BCUT2D eigenvalue weighted by Gasteiger charge is -2.34. The minimum atomic E-state index is -0.109. The Hall–Kier alpha value is -3.20. The first-order valence-corrected chi connectivity index (χ1v) is 10.5. The zero-order chi connectivity index (χ0) is 23.3. The van der Waals surface area contributed by atoms with Crippen LogP contribution in [0.15, 0.2) is 22.6 Å². The third-order valence-electron chi connectivity index (χ3n) is 5.53. The Bertz CT molecular complexity index is 938. The minimum absolute atomic E-state index is 0.000793. The number of hydrogen-bond acceptors (Lipinski definition) is 7. The van der Waals surface area contributed by atoms with E-state index in [2.05, 4.69) is 10.2 Å². The fourth-order valence-corrected chi connectivity index (χ4v) is 3.82. The number of anilines is 1. The van der Waals surface area contributed by atoms with Crippen molar-refractivity contribution in [1.29, 1.82) is 0 Å². The number of hydrogen-bond donors (Lipinski definition) is 1. The van der Waals surface area contributed by atoms with Gasteiger partial charge in [-0.2, -0.15) is 0 Å². The van der Waals surface area contributed by atoms with Crippen LogP contribution in [0.2, 0.25) is 0 Å². The van der Waals surface area contributed by atoms with Gasteiger partial charge in [-0.25, -0.2) is 0 Å². The number of nitrogens with one attached hydrogen (secondary N) is 1. The van der Waals surface area contributed by atoms with Crippen LogP contribution in [0.4, 0.5) is 5.69 Å². The van der Waals surface area contributed by atoms with Gasteiger partial charge >= 0.3 is 0 Å². The zero-order valence-electron chi connectivity index (χ0n) is 19.3. The van der Waals surface area contributed by atoms with E-state index >= 15 is 0 Å². The van der Waals surface area contributed by atoms with Crippen molar-refractivity contribution >= 4 is 17.5 Å². The topological polar surface area (TPSA) is 93.5 Å². The number of carbonyl (C=O) groups excluding carboxylic acids is 2. The van der Waals surface area contributed by atoms with Crippen molar-refractivity contribution in [3.63, 3.8) is 0 Å². The Kier molecular flexibility index (Phi) is 7.63. The molecule has 1 saturated heterocycles. The number of piperazine rings is 1. The van der Waals surface area contributed by atoms with E-state index in [1.54, 1.807) is 18.2 Å². The summed E-state index contributed by atoms with van der Waals surface area (Å²) < 4.78 is 21.4. The van der Waals surface area contributed by atoms with Crippen molar-refractivity contribution in [3.05, 3.63) is 35.3 Å². The summed E-state index contributed by atoms with van der Waals surface area (Å²) in [5.41, 5.74) is 1.20. The van der Waals surface area contributed by atoms with Gasteiger partial charge in [0.25, 0.3) is 5.91 Å². The Balaban J connectivity index is 1.49. The van der Waals surface area contributed by atoms with Crippen LogP contribution < -0.4 is 19.5 Å². The van der Waals surface area contributed by atoms with Crippen molar-refractivity contribution in [2.24, 2.45) is 0 Å². The van der Waals surface area contributed by atoms with Gasteiger partial charge in [-0.1, -0.05) is 0 Å². The first-order valence-electron chi connectivity index (χ1n) is 10.5.